The number of urea groups is 1. The van der Waals surface area contributed by atoms with Gasteiger partial charge in [-0.1, -0.05) is 30.8 Å². The number of nitrogens with two attached hydrogens (primary N) is 3. The van der Waals surface area contributed by atoms with Gasteiger partial charge in [0.2, 0.25) is 5.96 Å². The number of carbonyl (C=O) groups excluding carboxylic acids is 1. The molecule has 0 bridgehead atoms. The van der Waals surface area contributed by atoms with Gasteiger partial charge in [0.1, 0.15) is 5.82 Å². The Morgan fingerprint density at radius 3 is 1.90 bits per heavy atom. The molecule has 0 aliphatic rings. The van der Waals surface area contributed by atoms with Crippen LogP contribution in [0.5, 0.6) is 0 Å². The van der Waals surface area contributed by atoms with E-state index in [0.29, 0.717) is 22.8 Å². The molecule has 9 N–H and O–H groups in total. The minimum atomic E-state index is -0.397. The second kappa shape index (κ2) is 10.3. The van der Waals surface area contributed by atoms with E-state index < -0.39 is 6.03 Å². The van der Waals surface area contributed by atoms with E-state index in [1.807, 2.05) is 25.1 Å². The number of guanidine groups is 1. The molecule has 2 aromatic rings. The van der Waals surface area contributed by atoms with Crippen LogP contribution >= 0.6 is 0 Å². The first-order valence-electron chi connectivity index (χ1n) is 8.91. The second-order valence-electron chi connectivity index (χ2n) is 6.29. The summed E-state index contributed by atoms with van der Waals surface area (Å²) in [6, 6.07) is 14.0. The quantitative estimate of drug-likeness (QED) is 0.234. The van der Waals surface area contributed by atoms with E-state index in [-0.39, 0.29) is 11.8 Å². The molecule has 0 aliphatic carbocycles. The molecule has 10 heteroatoms. The molecule has 0 aliphatic heterocycles. The topological polar surface area (TPSA) is 168 Å². The monoisotopic (exact) mass is 407 g/mol. The number of rotatable bonds is 7. The molecule has 0 unspecified atom stereocenters. The van der Waals surface area contributed by atoms with E-state index in [1.165, 1.54) is 0 Å². The molecule has 0 spiro atoms. The molecule has 30 heavy (non-hydrogen) atoms. The fraction of sp³-hybridized carbons (Fsp3) is 0.100. The van der Waals surface area contributed by atoms with E-state index in [1.54, 1.807) is 37.3 Å². The van der Waals surface area contributed by atoms with Crippen LogP contribution in [0, 0.1) is 0 Å². The minimum Gasteiger partial charge on any atom is -0.385 e. The molecule has 0 saturated carbocycles. The van der Waals surface area contributed by atoms with Crippen LogP contribution in [0.3, 0.4) is 0 Å². The Hall–Kier alpha value is -4.34. The molecule has 0 aromatic heterocycles. The number of nitrogens with zero attached hydrogens (tertiary/aromatic N) is 3. The summed E-state index contributed by atoms with van der Waals surface area (Å²) in [6.07, 6.45) is 0. The van der Waals surface area contributed by atoms with Crippen LogP contribution < -0.4 is 33.3 Å². The summed E-state index contributed by atoms with van der Waals surface area (Å²) in [5, 5.41) is 17.2. The number of anilines is 2. The predicted octanol–water partition coefficient (Wildman–Crippen LogP) is 2.07. The van der Waals surface area contributed by atoms with Crippen LogP contribution in [-0.2, 0) is 0 Å². The standard InChI is InChI=1S/C20H25N9O/c1-12(26-28-14(3)21)15-6-4-8-17(10-15)24-20(30)25-18-9-5-7-16(11-18)13(2)27-29-19(22)23/h4-11,28H,3,21H2,1-2H3,(H4,22,23,29)(H2,24,25,30)/b26-12-,27-13-. The summed E-state index contributed by atoms with van der Waals surface area (Å²) in [7, 11) is 0. The molecular formula is C20H25N9O. The van der Waals surface area contributed by atoms with Crippen molar-refractivity contribution in [1.29, 1.82) is 0 Å². The highest BCUT2D eigenvalue weighted by atomic mass is 16.2. The number of carbonyl (C=O) groups is 1. The molecule has 10 nitrogen and oxygen atoms in total. The summed E-state index contributed by atoms with van der Waals surface area (Å²) in [6.45, 7) is 7.09. The maximum atomic E-state index is 12.4. The third-order valence-corrected chi connectivity index (χ3v) is 3.76. The first-order valence-corrected chi connectivity index (χ1v) is 8.91. The Labute approximate surface area is 174 Å². The molecule has 2 amide bonds. The maximum absolute atomic E-state index is 12.4. The molecule has 156 valence electrons. The molecule has 2 rings (SSSR count). The van der Waals surface area contributed by atoms with Crippen molar-refractivity contribution in [3.05, 3.63) is 72.1 Å². The number of hydrogen-bond donors (Lipinski definition) is 6. The highest BCUT2D eigenvalue weighted by Gasteiger charge is 2.06. The van der Waals surface area contributed by atoms with Gasteiger partial charge < -0.3 is 27.8 Å². The normalized spacial score (nSPS) is 11.4. The zero-order valence-corrected chi connectivity index (χ0v) is 16.8. The van der Waals surface area contributed by atoms with Crippen molar-refractivity contribution in [1.82, 2.24) is 5.43 Å². The van der Waals surface area contributed by atoms with Crippen LogP contribution in [0.4, 0.5) is 16.2 Å². The highest BCUT2D eigenvalue weighted by molar-refractivity contribution is 6.04. The number of amides is 2. The molecule has 0 radical (unpaired) electrons. The summed E-state index contributed by atoms with van der Waals surface area (Å²) < 4.78 is 0. The number of nitrogens with one attached hydrogen (secondary N) is 3. The van der Waals surface area contributed by atoms with Gasteiger partial charge in [-0.3, -0.25) is 5.43 Å². The molecule has 0 fully saturated rings. The SMILES string of the molecule is C=C(N)N/N=C(/C)c1cccc(NC(=O)Nc2cccc(/C(C)=N\N=C(N)N)c2)c1. The van der Waals surface area contributed by atoms with Crippen molar-refractivity contribution in [3.63, 3.8) is 0 Å². The average molecular weight is 407 g/mol. The smallest absolute Gasteiger partial charge is 0.323 e. The van der Waals surface area contributed by atoms with Gasteiger partial charge in [0.15, 0.2) is 0 Å². The summed E-state index contributed by atoms with van der Waals surface area (Å²) >= 11 is 0. The largest absolute Gasteiger partial charge is 0.385 e. The average Bonchev–Trinajstić information content (AvgIpc) is 2.70. The van der Waals surface area contributed by atoms with Crippen LogP contribution in [-0.4, -0.2) is 23.4 Å². The van der Waals surface area contributed by atoms with E-state index in [0.717, 1.165) is 11.1 Å². The Morgan fingerprint density at radius 2 is 1.40 bits per heavy atom. The van der Waals surface area contributed by atoms with Crippen molar-refractivity contribution >= 4 is 34.8 Å². The lowest BCUT2D eigenvalue weighted by molar-refractivity contribution is 0.262. The molecule has 2 aromatic carbocycles. The van der Waals surface area contributed by atoms with Gasteiger partial charge in [-0.2, -0.15) is 10.2 Å². The third kappa shape index (κ3) is 7.00. The van der Waals surface area contributed by atoms with Gasteiger partial charge in [-0.25, -0.2) is 4.79 Å². The Kier molecular flexibility index (Phi) is 7.52. The zero-order valence-electron chi connectivity index (χ0n) is 16.8. The first-order chi connectivity index (χ1) is 14.2. The lowest BCUT2D eigenvalue weighted by Gasteiger charge is -2.10. The fourth-order valence-electron chi connectivity index (χ4n) is 2.35. The summed E-state index contributed by atoms with van der Waals surface area (Å²) in [5.74, 6) is 0.109. The van der Waals surface area contributed by atoms with Gasteiger partial charge in [-0.05, 0) is 49.2 Å². The Balaban J connectivity index is 2.08. The van der Waals surface area contributed by atoms with Crippen LogP contribution in [0.1, 0.15) is 25.0 Å². The number of hydrazone groups is 1. The van der Waals surface area contributed by atoms with E-state index >= 15 is 0 Å². The van der Waals surface area contributed by atoms with Gasteiger partial charge in [-0.15, -0.1) is 5.10 Å². The lowest BCUT2D eigenvalue weighted by Crippen LogP contribution is -2.22. The predicted molar refractivity (Wildman–Crippen MR) is 122 cm³/mol. The van der Waals surface area contributed by atoms with E-state index in [9.17, 15) is 4.79 Å². The second-order valence-corrected chi connectivity index (χ2v) is 6.29. The highest BCUT2D eigenvalue weighted by Crippen LogP contribution is 2.15. The summed E-state index contributed by atoms with van der Waals surface area (Å²) in [4.78, 5) is 12.4. The molecular weight excluding hydrogens is 382 g/mol. The van der Waals surface area contributed by atoms with Crippen molar-refractivity contribution in [2.75, 3.05) is 10.6 Å². The Morgan fingerprint density at radius 1 is 0.867 bits per heavy atom. The van der Waals surface area contributed by atoms with Gasteiger partial charge in [0.25, 0.3) is 0 Å². The van der Waals surface area contributed by atoms with Crippen LogP contribution in [0.2, 0.25) is 0 Å². The minimum absolute atomic E-state index is 0.130. The molecule has 0 heterocycles. The molecule has 0 atom stereocenters. The van der Waals surface area contributed by atoms with Crippen LogP contribution in [0.15, 0.2) is 76.2 Å². The van der Waals surface area contributed by atoms with E-state index in [4.69, 9.17) is 17.2 Å². The summed E-state index contributed by atoms with van der Waals surface area (Å²) in [5.41, 5.74) is 22.7. The number of hydrogen-bond acceptors (Lipinski definition) is 6. The zero-order chi connectivity index (χ0) is 22.1. The van der Waals surface area contributed by atoms with Gasteiger partial charge in [0.05, 0.1) is 11.4 Å². The third-order valence-electron chi connectivity index (χ3n) is 3.76. The van der Waals surface area contributed by atoms with Crippen molar-refractivity contribution in [2.24, 2.45) is 32.5 Å². The Bertz CT molecular complexity index is 1020. The van der Waals surface area contributed by atoms with Crippen LogP contribution in [0.25, 0.3) is 0 Å². The lowest BCUT2D eigenvalue weighted by atomic mass is 10.1. The van der Waals surface area contributed by atoms with Gasteiger partial charge >= 0.3 is 6.03 Å². The fourth-order valence-corrected chi connectivity index (χ4v) is 2.35. The first kappa shape index (κ1) is 22.0. The number of benzene rings is 2. The van der Waals surface area contributed by atoms with E-state index in [2.05, 4.69) is 37.9 Å². The van der Waals surface area contributed by atoms with Crippen molar-refractivity contribution in [3.8, 4) is 0 Å². The van der Waals surface area contributed by atoms with Crippen molar-refractivity contribution < 1.29 is 4.79 Å². The van der Waals surface area contributed by atoms with Gasteiger partial charge in [0, 0.05) is 11.4 Å². The molecule has 0 saturated heterocycles. The maximum Gasteiger partial charge on any atom is 0.323 e. The van der Waals surface area contributed by atoms with Crippen molar-refractivity contribution in [2.45, 2.75) is 13.8 Å².